The van der Waals surface area contributed by atoms with Crippen LogP contribution in [0.3, 0.4) is 0 Å². The second-order valence-electron chi connectivity index (χ2n) is 6.96. The molecule has 1 aliphatic carbocycles. The van der Waals surface area contributed by atoms with Crippen LogP contribution in [-0.2, 0) is 0 Å². The monoisotopic (exact) mass is 317 g/mol. The Kier molecular flexibility index (Phi) is 9.08. The van der Waals surface area contributed by atoms with Gasteiger partial charge in [-0.2, -0.15) is 5.10 Å². The van der Waals surface area contributed by atoms with Crippen molar-refractivity contribution < 1.29 is 0 Å². The summed E-state index contributed by atoms with van der Waals surface area (Å²) in [7, 11) is 0. The van der Waals surface area contributed by atoms with Gasteiger partial charge in [-0.25, -0.2) is 11.0 Å². The maximum atomic E-state index is 4.73. The largest absolute Gasteiger partial charge is 0.243 e. The summed E-state index contributed by atoms with van der Waals surface area (Å²) in [5.74, 6) is 0. The number of nitrogens with zero attached hydrogens (tertiary/aromatic N) is 1. The maximum Gasteiger partial charge on any atom is 0.0650 e. The molecule has 0 bridgehead atoms. The van der Waals surface area contributed by atoms with E-state index in [1.165, 1.54) is 82.8 Å². The predicted molar refractivity (Wildman–Crippen MR) is 100 cm³/mol. The highest BCUT2D eigenvalue weighted by Crippen LogP contribution is 2.27. The molecule has 0 radical (unpaired) electrons. The minimum absolute atomic E-state index is 1.01. The highest BCUT2D eigenvalue weighted by Gasteiger charge is 2.14. The standard InChI is InChI=1S/C20H35N3/c1-2-13-18-14-9-5-3-4-6-10-15-19(18)20-16-11-7-8-12-17-21-23-22-20/h2,21,23H,1,3-17H2. The first-order valence-corrected chi connectivity index (χ1v) is 9.78. The van der Waals surface area contributed by atoms with Gasteiger partial charge in [0.05, 0.1) is 5.71 Å². The summed E-state index contributed by atoms with van der Waals surface area (Å²) in [6.45, 7) is 5.00. The number of rotatable bonds is 3. The first kappa shape index (κ1) is 18.3. The van der Waals surface area contributed by atoms with Crippen molar-refractivity contribution in [3.05, 3.63) is 23.8 Å². The van der Waals surface area contributed by atoms with E-state index < -0.39 is 0 Å². The van der Waals surface area contributed by atoms with Crippen LogP contribution in [0.2, 0.25) is 0 Å². The lowest BCUT2D eigenvalue weighted by molar-refractivity contribution is 0.510. The zero-order valence-corrected chi connectivity index (χ0v) is 14.8. The van der Waals surface area contributed by atoms with E-state index in [2.05, 4.69) is 23.6 Å². The smallest absolute Gasteiger partial charge is 0.0650 e. The number of hydrazine groups is 1. The lowest BCUT2D eigenvalue weighted by Crippen LogP contribution is -2.30. The van der Waals surface area contributed by atoms with Gasteiger partial charge in [0.1, 0.15) is 0 Å². The minimum atomic E-state index is 1.01. The molecule has 2 N–H and O–H groups in total. The average molecular weight is 318 g/mol. The van der Waals surface area contributed by atoms with Crippen LogP contribution < -0.4 is 11.0 Å². The number of allylic oxidation sites excluding steroid dienone is 3. The van der Waals surface area contributed by atoms with Crippen molar-refractivity contribution in [3.63, 3.8) is 0 Å². The van der Waals surface area contributed by atoms with Gasteiger partial charge in [-0.15, -0.1) is 6.58 Å². The molecule has 0 amide bonds. The molecule has 0 saturated carbocycles. The molecule has 2 aliphatic rings. The van der Waals surface area contributed by atoms with Crippen LogP contribution in [0, 0.1) is 0 Å². The van der Waals surface area contributed by atoms with Crippen molar-refractivity contribution in [3.8, 4) is 0 Å². The first-order chi connectivity index (χ1) is 11.4. The summed E-state index contributed by atoms with van der Waals surface area (Å²) < 4.78 is 0. The molecule has 0 spiro atoms. The van der Waals surface area contributed by atoms with Gasteiger partial charge in [0.2, 0.25) is 0 Å². The predicted octanol–water partition coefficient (Wildman–Crippen LogP) is 5.41. The molecule has 1 aliphatic heterocycles. The van der Waals surface area contributed by atoms with Crippen molar-refractivity contribution in [2.24, 2.45) is 5.10 Å². The van der Waals surface area contributed by atoms with Crippen LogP contribution in [0.25, 0.3) is 0 Å². The van der Waals surface area contributed by atoms with Crippen LogP contribution >= 0.6 is 0 Å². The van der Waals surface area contributed by atoms with E-state index in [4.69, 9.17) is 5.10 Å². The number of hydrogen-bond acceptors (Lipinski definition) is 3. The van der Waals surface area contributed by atoms with Gasteiger partial charge in [-0.05, 0) is 56.9 Å². The number of hydrogen-bond donors (Lipinski definition) is 2. The van der Waals surface area contributed by atoms with Crippen LogP contribution in [-0.4, -0.2) is 12.3 Å². The summed E-state index contributed by atoms with van der Waals surface area (Å²) in [6, 6.07) is 0. The summed E-state index contributed by atoms with van der Waals surface area (Å²) in [4.78, 5) is 0. The summed E-state index contributed by atoms with van der Waals surface area (Å²) in [5, 5.41) is 4.73. The van der Waals surface area contributed by atoms with Crippen LogP contribution in [0.1, 0.15) is 89.9 Å². The Bertz CT molecular complexity index is 409. The Morgan fingerprint density at radius 2 is 1.48 bits per heavy atom. The van der Waals surface area contributed by atoms with Crippen molar-refractivity contribution >= 4 is 5.71 Å². The van der Waals surface area contributed by atoms with E-state index in [0.29, 0.717) is 0 Å². The van der Waals surface area contributed by atoms with E-state index in [1.54, 1.807) is 11.1 Å². The lowest BCUT2D eigenvalue weighted by atomic mass is 9.88. The molecule has 0 unspecified atom stereocenters. The fraction of sp³-hybridized carbons (Fsp3) is 0.750. The topological polar surface area (TPSA) is 36.4 Å². The van der Waals surface area contributed by atoms with Gasteiger partial charge < -0.3 is 0 Å². The zero-order chi connectivity index (χ0) is 16.2. The summed E-state index contributed by atoms with van der Waals surface area (Å²) >= 11 is 0. The van der Waals surface area contributed by atoms with Gasteiger partial charge in [0.15, 0.2) is 0 Å². The molecule has 0 saturated heterocycles. The Balaban J connectivity index is 2.19. The van der Waals surface area contributed by atoms with Crippen molar-refractivity contribution in [2.45, 2.75) is 89.9 Å². The Hall–Kier alpha value is -1.09. The van der Waals surface area contributed by atoms with Gasteiger partial charge in [0, 0.05) is 6.54 Å². The molecule has 0 aromatic heterocycles. The summed E-state index contributed by atoms with van der Waals surface area (Å²) in [5.41, 5.74) is 10.8. The molecule has 0 fully saturated rings. The Morgan fingerprint density at radius 1 is 0.826 bits per heavy atom. The third-order valence-corrected chi connectivity index (χ3v) is 5.06. The van der Waals surface area contributed by atoms with Crippen LogP contribution in [0.4, 0.5) is 0 Å². The van der Waals surface area contributed by atoms with Gasteiger partial charge >= 0.3 is 0 Å². The molecule has 23 heavy (non-hydrogen) atoms. The second kappa shape index (κ2) is 11.4. The van der Waals surface area contributed by atoms with E-state index >= 15 is 0 Å². The van der Waals surface area contributed by atoms with E-state index in [-0.39, 0.29) is 0 Å². The second-order valence-corrected chi connectivity index (χ2v) is 6.96. The first-order valence-electron chi connectivity index (χ1n) is 9.78. The van der Waals surface area contributed by atoms with Crippen LogP contribution in [0.5, 0.6) is 0 Å². The quantitative estimate of drug-likeness (QED) is 0.683. The van der Waals surface area contributed by atoms with E-state index in [0.717, 1.165) is 19.4 Å². The third-order valence-electron chi connectivity index (χ3n) is 5.06. The summed E-state index contributed by atoms with van der Waals surface area (Å²) in [6.07, 6.45) is 20.0. The Labute approximate surface area is 142 Å². The van der Waals surface area contributed by atoms with Crippen molar-refractivity contribution in [1.82, 2.24) is 11.0 Å². The van der Waals surface area contributed by atoms with Gasteiger partial charge in [-0.3, -0.25) is 0 Å². The van der Waals surface area contributed by atoms with Crippen LogP contribution in [0.15, 0.2) is 28.9 Å². The molecule has 3 heteroatoms. The van der Waals surface area contributed by atoms with E-state index in [1.807, 2.05) is 0 Å². The van der Waals surface area contributed by atoms with Gasteiger partial charge in [0.25, 0.3) is 0 Å². The SMILES string of the molecule is C=CCC1=C(C2=NNNCCCCCC2)CCCCCCCC1. The number of hydrazone groups is 1. The highest BCUT2D eigenvalue weighted by molar-refractivity contribution is 6.00. The zero-order valence-electron chi connectivity index (χ0n) is 14.8. The molecule has 0 aromatic carbocycles. The Morgan fingerprint density at radius 3 is 2.26 bits per heavy atom. The normalized spacial score (nSPS) is 22.7. The molecular weight excluding hydrogens is 282 g/mol. The minimum Gasteiger partial charge on any atom is -0.243 e. The molecule has 0 atom stereocenters. The molecule has 1 heterocycles. The molecular formula is C20H35N3. The lowest BCUT2D eigenvalue weighted by Gasteiger charge is -2.20. The highest BCUT2D eigenvalue weighted by atomic mass is 15.6. The molecule has 3 nitrogen and oxygen atoms in total. The van der Waals surface area contributed by atoms with E-state index in [9.17, 15) is 0 Å². The van der Waals surface area contributed by atoms with Crippen molar-refractivity contribution in [1.29, 1.82) is 0 Å². The van der Waals surface area contributed by atoms with Crippen molar-refractivity contribution in [2.75, 3.05) is 6.54 Å². The molecule has 130 valence electrons. The molecule has 0 aromatic rings. The fourth-order valence-electron chi connectivity index (χ4n) is 3.72. The molecule has 2 rings (SSSR count). The number of nitrogens with one attached hydrogen (secondary N) is 2. The average Bonchev–Trinajstić information content (AvgIpc) is 2.58. The third kappa shape index (κ3) is 6.90. The maximum absolute atomic E-state index is 4.73. The van der Waals surface area contributed by atoms with Gasteiger partial charge in [-0.1, -0.05) is 50.2 Å². The fourth-order valence-corrected chi connectivity index (χ4v) is 3.72.